The van der Waals surface area contributed by atoms with Crippen molar-refractivity contribution in [1.82, 2.24) is 0 Å². The molecule has 0 unspecified atom stereocenters. The van der Waals surface area contributed by atoms with E-state index in [9.17, 15) is 4.79 Å². The standard InChI is InChI=1S/C13H16O/c14-12-5-3-1-2-4-11-9-6-7-10(8-9)13(11)12/h3,5-7,9-11,13H,1-2,4,8H2/b5-3-/t9-,10+,11-,13+/m0/s1. The van der Waals surface area contributed by atoms with Gasteiger partial charge in [0.05, 0.1) is 0 Å². The van der Waals surface area contributed by atoms with Crippen LogP contribution in [-0.4, -0.2) is 5.78 Å². The zero-order valence-corrected chi connectivity index (χ0v) is 8.36. The highest BCUT2D eigenvalue weighted by Gasteiger charge is 2.46. The maximum atomic E-state index is 11.9. The van der Waals surface area contributed by atoms with Crippen LogP contribution in [0.2, 0.25) is 0 Å². The van der Waals surface area contributed by atoms with Crippen molar-refractivity contribution in [3.8, 4) is 0 Å². The van der Waals surface area contributed by atoms with Crippen molar-refractivity contribution in [3.63, 3.8) is 0 Å². The first-order chi connectivity index (χ1) is 6.86. The molecule has 1 nitrogen and oxygen atoms in total. The van der Waals surface area contributed by atoms with E-state index >= 15 is 0 Å². The third kappa shape index (κ3) is 1.11. The number of fused-ring (bicyclic) bond motifs is 5. The second-order valence-electron chi connectivity index (χ2n) is 4.87. The van der Waals surface area contributed by atoms with Crippen LogP contribution in [0.15, 0.2) is 24.3 Å². The molecule has 0 spiro atoms. The first kappa shape index (κ1) is 8.46. The summed E-state index contributed by atoms with van der Waals surface area (Å²) in [6.07, 6.45) is 13.4. The average Bonchev–Trinajstić information content (AvgIpc) is 2.72. The monoisotopic (exact) mass is 188 g/mol. The third-order valence-electron chi connectivity index (χ3n) is 4.14. The molecule has 0 amide bonds. The van der Waals surface area contributed by atoms with E-state index in [1.165, 1.54) is 19.3 Å². The van der Waals surface area contributed by atoms with Crippen molar-refractivity contribution in [3.05, 3.63) is 24.3 Å². The van der Waals surface area contributed by atoms with Gasteiger partial charge in [0.25, 0.3) is 0 Å². The molecular weight excluding hydrogens is 172 g/mol. The van der Waals surface area contributed by atoms with Crippen LogP contribution in [0.1, 0.15) is 25.7 Å². The first-order valence-electron chi connectivity index (χ1n) is 5.75. The van der Waals surface area contributed by atoms with Gasteiger partial charge in [0.1, 0.15) is 0 Å². The van der Waals surface area contributed by atoms with Crippen LogP contribution >= 0.6 is 0 Å². The lowest BCUT2D eigenvalue weighted by Crippen LogP contribution is -2.27. The largest absolute Gasteiger partial charge is 0.295 e. The quantitative estimate of drug-likeness (QED) is 0.534. The fraction of sp³-hybridized carbons (Fsp3) is 0.615. The van der Waals surface area contributed by atoms with Crippen molar-refractivity contribution in [2.75, 3.05) is 0 Å². The molecule has 1 heteroatoms. The van der Waals surface area contributed by atoms with Crippen LogP contribution in [0.25, 0.3) is 0 Å². The number of rotatable bonds is 0. The van der Waals surface area contributed by atoms with Crippen LogP contribution in [0, 0.1) is 23.7 Å². The van der Waals surface area contributed by atoms with E-state index in [1.54, 1.807) is 0 Å². The minimum Gasteiger partial charge on any atom is -0.295 e. The summed E-state index contributed by atoms with van der Waals surface area (Å²) in [6.45, 7) is 0. The van der Waals surface area contributed by atoms with E-state index in [0.717, 1.165) is 12.3 Å². The normalized spacial score (nSPS) is 47.3. The highest BCUT2D eigenvalue weighted by molar-refractivity contribution is 5.92. The zero-order valence-electron chi connectivity index (χ0n) is 8.36. The Hall–Kier alpha value is -0.850. The summed E-state index contributed by atoms with van der Waals surface area (Å²) in [6, 6.07) is 0. The fourth-order valence-corrected chi connectivity index (χ4v) is 3.52. The Labute approximate surface area is 84.9 Å². The zero-order chi connectivity index (χ0) is 9.54. The maximum absolute atomic E-state index is 11.9. The number of hydrogen-bond acceptors (Lipinski definition) is 1. The Kier molecular flexibility index (Phi) is 1.86. The Morgan fingerprint density at radius 2 is 2.07 bits per heavy atom. The molecule has 3 rings (SSSR count). The summed E-state index contributed by atoms with van der Waals surface area (Å²) >= 11 is 0. The lowest BCUT2D eigenvalue weighted by atomic mass is 9.76. The molecule has 1 saturated carbocycles. The number of allylic oxidation sites excluding steroid dienone is 4. The molecule has 0 heterocycles. The molecule has 1 fully saturated rings. The Morgan fingerprint density at radius 1 is 1.21 bits per heavy atom. The predicted octanol–water partition coefficient (Wildman–Crippen LogP) is 2.73. The molecule has 0 aromatic rings. The van der Waals surface area contributed by atoms with Gasteiger partial charge in [-0.2, -0.15) is 0 Å². The molecule has 0 saturated heterocycles. The number of carbonyl (C=O) groups excluding carboxylic acids is 1. The first-order valence-corrected chi connectivity index (χ1v) is 5.75. The van der Waals surface area contributed by atoms with E-state index in [4.69, 9.17) is 0 Å². The van der Waals surface area contributed by atoms with Crippen molar-refractivity contribution < 1.29 is 4.79 Å². The minimum absolute atomic E-state index is 0.335. The van der Waals surface area contributed by atoms with Crippen molar-refractivity contribution in [1.29, 1.82) is 0 Å². The molecular formula is C13H16O. The van der Waals surface area contributed by atoms with Gasteiger partial charge in [-0.05, 0) is 49.5 Å². The van der Waals surface area contributed by atoms with Gasteiger partial charge in [-0.1, -0.05) is 18.2 Å². The summed E-state index contributed by atoms with van der Waals surface area (Å²) in [5.41, 5.74) is 0. The smallest absolute Gasteiger partial charge is 0.159 e. The molecule has 0 N–H and O–H groups in total. The van der Waals surface area contributed by atoms with Gasteiger partial charge in [0.2, 0.25) is 0 Å². The fourth-order valence-electron chi connectivity index (χ4n) is 3.52. The average molecular weight is 188 g/mol. The van der Waals surface area contributed by atoms with Gasteiger partial charge in [-0.15, -0.1) is 0 Å². The van der Waals surface area contributed by atoms with Gasteiger partial charge in [0, 0.05) is 5.92 Å². The van der Waals surface area contributed by atoms with Crippen molar-refractivity contribution in [2.45, 2.75) is 25.7 Å². The van der Waals surface area contributed by atoms with E-state index < -0.39 is 0 Å². The molecule has 0 aromatic heterocycles. The summed E-state index contributed by atoms with van der Waals surface area (Å²) < 4.78 is 0. The number of ketones is 1. The maximum Gasteiger partial charge on any atom is 0.159 e. The number of hydrogen-bond donors (Lipinski definition) is 0. The van der Waals surface area contributed by atoms with E-state index in [2.05, 4.69) is 18.2 Å². The molecule has 3 aliphatic rings. The summed E-state index contributed by atoms with van der Waals surface area (Å²) in [5.74, 6) is 2.69. The van der Waals surface area contributed by atoms with Gasteiger partial charge in [-0.25, -0.2) is 0 Å². The Bertz CT molecular complexity index is 313. The second-order valence-corrected chi connectivity index (χ2v) is 4.87. The minimum atomic E-state index is 0.335. The summed E-state index contributed by atoms with van der Waals surface area (Å²) in [4.78, 5) is 11.9. The number of carbonyl (C=O) groups is 1. The SMILES string of the molecule is O=C1/C=C\CCC[C@@H]2[C@H]1[C@@H]1C=C[C@H]2C1. The van der Waals surface area contributed by atoms with Crippen molar-refractivity contribution >= 4 is 5.78 Å². The van der Waals surface area contributed by atoms with Crippen LogP contribution < -0.4 is 0 Å². The topological polar surface area (TPSA) is 17.1 Å². The van der Waals surface area contributed by atoms with Gasteiger partial charge in [-0.3, -0.25) is 4.79 Å². The lowest BCUT2D eigenvalue weighted by molar-refractivity contribution is -0.120. The lowest BCUT2D eigenvalue weighted by Gasteiger charge is -2.27. The molecule has 14 heavy (non-hydrogen) atoms. The van der Waals surface area contributed by atoms with E-state index in [-0.39, 0.29) is 0 Å². The Balaban J connectivity index is 1.94. The summed E-state index contributed by atoms with van der Waals surface area (Å²) in [7, 11) is 0. The molecule has 0 aromatic carbocycles. The third-order valence-corrected chi connectivity index (χ3v) is 4.14. The predicted molar refractivity (Wildman–Crippen MR) is 55.7 cm³/mol. The van der Waals surface area contributed by atoms with Crippen molar-refractivity contribution in [2.24, 2.45) is 23.7 Å². The van der Waals surface area contributed by atoms with Gasteiger partial charge >= 0.3 is 0 Å². The van der Waals surface area contributed by atoms with E-state index in [0.29, 0.717) is 23.5 Å². The molecule has 3 aliphatic carbocycles. The summed E-state index contributed by atoms with van der Waals surface area (Å²) in [5, 5.41) is 0. The van der Waals surface area contributed by atoms with Crippen LogP contribution in [-0.2, 0) is 4.79 Å². The highest BCUT2D eigenvalue weighted by atomic mass is 16.1. The Morgan fingerprint density at radius 3 is 3.00 bits per heavy atom. The second kappa shape index (κ2) is 3.08. The van der Waals surface area contributed by atoms with Crippen LogP contribution in [0.5, 0.6) is 0 Å². The van der Waals surface area contributed by atoms with Crippen LogP contribution in [0.4, 0.5) is 0 Å². The molecule has 0 aliphatic heterocycles. The van der Waals surface area contributed by atoms with Crippen LogP contribution in [0.3, 0.4) is 0 Å². The molecule has 0 radical (unpaired) electrons. The molecule has 74 valence electrons. The van der Waals surface area contributed by atoms with Gasteiger partial charge < -0.3 is 0 Å². The van der Waals surface area contributed by atoms with Gasteiger partial charge in [0.15, 0.2) is 5.78 Å². The molecule has 2 bridgehead atoms. The van der Waals surface area contributed by atoms with E-state index in [1.807, 2.05) is 6.08 Å². The molecule has 4 atom stereocenters. The highest BCUT2D eigenvalue weighted by Crippen LogP contribution is 2.50.